The lowest BCUT2D eigenvalue weighted by Gasteiger charge is -2.25. The van der Waals surface area contributed by atoms with E-state index in [9.17, 15) is 4.39 Å². The molecular formula is C16H26FN. The minimum atomic E-state index is -0.149. The summed E-state index contributed by atoms with van der Waals surface area (Å²) in [5.74, 6) is 1.24. The van der Waals surface area contributed by atoms with Gasteiger partial charge in [-0.2, -0.15) is 0 Å². The van der Waals surface area contributed by atoms with Crippen LogP contribution in [0.2, 0.25) is 0 Å². The molecule has 0 radical (unpaired) electrons. The van der Waals surface area contributed by atoms with Crippen LogP contribution >= 0.6 is 0 Å². The van der Waals surface area contributed by atoms with Crippen LogP contribution in [0.4, 0.5) is 4.39 Å². The molecule has 0 saturated heterocycles. The predicted molar refractivity (Wildman–Crippen MR) is 76.2 cm³/mol. The molecule has 0 saturated carbocycles. The summed E-state index contributed by atoms with van der Waals surface area (Å²) in [4.78, 5) is 0. The van der Waals surface area contributed by atoms with Crippen LogP contribution in [0.15, 0.2) is 24.3 Å². The lowest BCUT2D eigenvalue weighted by atomic mass is 9.83. The Morgan fingerprint density at radius 1 is 1.00 bits per heavy atom. The molecule has 0 aliphatic rings. The summed E-state index contributed by atoms with van der Waals surface area (Å²) in [7, 11) is 0. The minimum absolute atomic E-state index is 0.149. The standard InChI is InChI=1S/C16H26FN/c1-4-14(5-2)15(12-18-6-3)11-13-7-9-16(17)10-8-13/h7-10,14-15,18H,4-6,11-12H2,1-3H3. The van der Waals surface area contributed by atoms with Gasteiger partial charge >= 0.3 is 0 Å². The zero-order chi connectivity index (χ0) is 13.4. The molecule has 1 nitrogen and oxygen atoms in total. The van der Waals surface area contributed by atoms with Crippen LogP contribution < -0.4 is 5.32 Å². The van der Waals surface area contributed by atoms with Gasteiger partial charge in [-0.3, -0.25) is 0 Å². The smallest absolute Gasteiger partial charge is 0.123 e. The largest absolute Gasteiger partial charge is 0.317 e. The van der Waals surface area contributed by atoms with Gasteiger partial charge in [-0.15, -0.1) is 0 Å². The van der Waals surface area contributed by atoms with Crippen molar-refractivity contribution in [3.63, 3.8) is 0 Å². The molecule has 0 amide bonds. The first kappa shape index (κ1) is 15.2. The zero-order valence-electron chi connectivity index (χ0n) is 11.9. The fraction of sp³-hybridized carbons (Fsp3) is 0.625. The summed E-state index contributed by atoms with van der Waals surface area (Å²) in [6.45, 7) is 8.73. The van der Waals surface area contributed by atoms with Gasteiger partial charge < -0.3 is 5.32 Å². The second-order valence-electron chi connectivity index (χ2n) is 4.97. The normalized spacial score (nSPS) is 12.9. The third kappa shape index (κ3) is 4.77. The first-order valence-corrected chi connectivity index (χ1v) is 7.16. The third-order valence-corrected chi connectivity index (χ3v) is 3.78. The fourth-order valence-corrected chi connectivity index (χ4v) is 2.61. The number of rotatable bonds is 8. The van der Waals surface area contributed by atoms with E-state index in [2.05, 4.69) is 26.1 Å². The Balaban J connectivity index is 2.67. The summed E-state index contributed by atoms with van der Waals surface area (Å²) in [5, 5.41) is 3.46. The van der Waals surface area contributed by atoms with Crippen LogP contribution in [0.1, 0.15) is 39.2 Å². The van der Waals surface area contributed by atoms with Crippen molar-refractivity contribution < 1.29 is 4.39 Å². The van der Waals surface area contributed by atoms with Gasteiger partial charge in [0.25, 0.3) is 0 Å². The maximum atomic E-state index is 12.9. The lowest BCUT2D eigenvalue weighted by Crippen LogP contribution is -2.29. The Morgan fingerprint density at radius 3 is 2.11 bits per heavy atom. The lowest BCUT2D eigenvalue weighted by molar-refractivity contribution is 0.299. The highest BCUT2D eigenvalue weighted by Gasteiger charge is 2.18. The molecule has 0 aliphatic heterocycles. The molecule has 0 spiro atoms. The van der Waals surface area contributed by atoms with Gasteiger partial charge in [0, 0.05) is 0 Å². The summed E-state index contributed by atoms with van der Waals surface area (Å²) in [5.41, 5.74) is 1.24. The van der Waals surface area contributed by atoms with Gasteiger partial charge in [-0.05, 0) is 49.0 Å². The monoisotopic (exact) mass is 251 g/mol. The molecule has 0 heterocycles. The summed E-state index contributed by atoms with van der Waals surface area (Å²) < 4.78 is 12.9. The van der Waals surface area contributed by atoms with Crippen molar-refractivity contribution in [3.05, 3.63) is 35.6 Å². The Kier molecular flexibility index (Phi) is 6.96. The molecule has 1 unspecified atom stereocenters. The van der Waals surface area contributed by atoms with Crippen molar-refractivity contribution in [1.82, 2.24) is 5.32 Å². The van der Waals surface area contributed by atoms with Crippen molar-refractivity contribution >= 4 is 0 Å². The Morgan fingerprint density at radius 2 is 1.61 bits per heavy atom. The average Bonchev–Trinajstić information content (AvgIpc) is 2.39. The van der Waals surface area contributed by atoms with E-state index >= 15 is 0 Å². The van der Waals surface area contributed by atoms with Gasteiger partial charge in [-0.25, -0.2) is 4.39 Å². The first-order valence-electron chi connectivity index (χ1n) is 7.16. The van der Waals surface area contributed by atoms with Crippen LogP contribution in [0, 0.1) is 17.7 Å². The number of hydrogen-bond donors (Lipinski definition) is 1. The second kappa shape index (κ2) is 8.25. The molecular weight excluding hydrogens is 225 g/mol. The summed E-state index contributed by atoms with van der Waals surface area (Å²) in [6, 6.07) is 6.95. The molecule has 102 valence electrons. The molecule has 0 aliphatic carbocycles. The van der Waals surface area contributed by atoms with E-state index in [1.807, 2.05) is 12.1 Å². The van der Waals surface area contributed by atoms with E-state index in [4.69, 9.17) is 0 Å². The minimum Gasteiger partial charge on any atom is -0.317 e. The summed E-state index contributed by atoms with van der Waals surface area (Å²) >= 11 is 0. The fourth-order valence-electron chi connectivity index (χ4n) is 2.61. The Labute approximate surface area is 111 Å². The molecule has 18 heavy (non-hydrogen) atoms. The van der Waals surface area contributed by atoms with Crippen LogP contribution in [0.3, 0.4) is 0 Å². The average molecular weight is 251 g/mol. The van der Waals surface area contributed by atoms with E-state index in [0.29, 0.717) is 5.92 Å². The third-order valence-electron chi connectivity index (χ3n) is 3.78. The van der Waals surface area contributed by atoms with Crippen molar-refractivity contribution in [2.45, 2.75) is 40.0 Å². The molecule has 1 aromatic rings. The van der Waals surface area contributed by atoms with Crippen LogP contribution in [0.25, 0.3) is 0 Å². The van der Waals surface area contributed by atoms with Crippen LogP contribution in [0.5, 0.6) is 0 Å². The van der Waals surface area contributed by atoms with Crippen molar-refractivity contribution in [1.29, 1.82) is 0 Å². The number of hydrogen-bond acceptors (Lipinski definition) is 1. The van der Waals surface area contributed by atoms with E-state index in [1.165, 1.54) is 18.4 Å². The molecule has 1 aromatic carbocycles. The highest BCUT2D eigenvalue weighted by molar-refractivity contribution is 5.16. The Hall–Kier alpha value is -0.890. The van der Waals surface area contributed by atoms with Gasteiger partial charge in [0.1, 0.15) is 5.82 Å². The van der Waals surface area contributed by atoms with E-state index in [-0.39, 0.29) is 5.82 Å². The van der Waals surface area contributed by atoms with Gasteiger partial charge in [-0.1, -0.05) is 45.7 Å². The highest BCUT2D eigenvalue weighted by atomic mass is 19.1. The van der Waals surface area contributed by atoms with Crippen LogP contribution in [-0.4, -0.2) is 13.1 Å². The Bertz CT molecular complexity index is 316. The molecule has 0 bridgehead atoms. The maximum Gasteiger partial charge on any atom is 0.123 e. The molecule has 1 N–H and O–H groups in total. The highest BCUT2D eigenvalue weighted by Crippen LogP contribution is 2.23. The van der Waals surface area contributed by atoms with E-state index < -0.39 is 0 Å². The topological polar surface area (TPSA) is 12.0 Å². The molecule has 0 fully saturated rings. The second-order valence-corrected chi connectivity index (χ2v) is 4.97. The van der Waals surface area contributed by atoms with Crippen molar-refractivity contribution in [3.8, 4) is 0 Å². The van der Waals surface area contributed by atoms with E-state index in [1.54, 1.807) is 12.1 Å². The van der Waals surface area contributed by atoms with E-state index in [0.717, 1.165) is 25.4 Å². The number of halogens is 1. The van der Waals surface area contributed by atoms with Gasteiger partial charge in [0.2, 0.25) is 0 Å². The van der Waals surface area contributed by atoms with Gasteiger partial charge in [0.05, 0.1) is 0 Å². The summed E-state index contributed by atoms with van der Waals surface area (Å²) in [6.07, 6.45) is 3.47. The van der Waals surface area contributed by atoms with Crippen molar-refractivity contribution in [2.75, 3.05) is 13.1 Å². The maximum absolute atomic E-state index is 12.9. The number of nitrogens with one attached hydrogen (secondary N) is 1. The SMILES string of the molecule is CCNCC(Cc1ccc(F)cc1)C(CC)CC. The van der Waals surface area contributed by atoms with Crippen LogP contribution in [-0.2, 0) is 6.42 Å². The predicted octanol–water partition coefficient (Wildman–Crippen LogP) is 4.03. The molecule has 1 rings (SSSR count). The number of benzene rings is 1. The zero-order valence-corrected chi connectivity index (χ0v) is 11.9. The molecule has 2 heteroatoms. The molecule has 0 aromatic heterocycles. The van der Waals surface area contributed by atoms with Gasteiger partial charge in [0.15, 0.2) is 0 Å². The quantitative estimate of drug-likeness (QED) is 0.735. The molecule has 1 atom stereocenters. The first-order chi connectivity index (χ1) is 8.71. The van der Waals surface area contributed by atoms with Crippen molar-refractivity contribution in [2.24, 2.45) is 11.8 Å².